The number of halogens is 2. The van der Waals surface area contributed by atoms with Gasteiger partial charge >= 0.3 is 6.09 Å². The molecule has 4 aliphatic heterocycles. The summed E-state index contributed by atoms with van der Waals surface area (Å²) in [4.78, 5) is 17.9. The van der Waals surface area contributed by atoms with Gasteiger partial charge in [0, 0.05) is 17.3 Å². The molecule has 2 bridgehead atoms. The van der Waals surface area contributed by atoms with Crippen LogP contribution in [-0.4, -0.2) is 42.8 Å². The summed E-state index contributed by atoms with van der Waals surface area (Å²) in [5.41, 5.74) is 0.669. The maximum atomic E-state index is 12.6. The fourth-order valence-corrected chi connectivity index (χ4v) is 5.75. The Bertz CT molecular complexity index is 878. The number of anilines is 1. The molecule has 0 saturated carbocycles. The Labute approximate surface area is 166 Å². The van der Waals surface area contributed by atoms with Gasteiger partial charge in [0.25, 0.3) is 0 Å². The molecule has 0 unspecified atom stereocenters. The minimum Gasteiger partial charge on any atom is -0.439 e. The number of amides is 1. The van der Waals surface area contributed by atoms with Crippen molar-refractivity contribution in [3.63, 3.8) is 0 Å². The van der Waals surface area contributed by atoms with E-state index in [1.54, 1.807) is 22.3 Å². The Morgan fingerprint density at radius 2 is 1.88 bits per heavy atom. The zero-order valence-corrected chi connectivity index (χ0v) is 16.4. The molecule has 2 aromatic rings. The monoisotopic (exact) mass is 408 g/mol. The van der Waals surface area contributed by atoms with Crippen molar-refractivity contribution in [2.45, 2.75) is 18.4 Å². The number of rotatable bonds is 2. The van der Waals surface area contributed by atoms with Crippen molar-refractivity contribution in [1.82, 2.24) is 4.90 Å². The third-order valence-corrected chi connectivity index (χ3v) is 7.72. The molecule has 7 heteroatoms. The van der Waals surface area contributed by atoms with Crippen molar-refractivity contribution in [3.8, 4) is 10.4 Å². The molecule has 1 spiro atoms. The largest absolute Gasteiger partial charge is 0.439 e. The molecule has 136 valence electrons. The van der Waals surface area contributed by atoms with Gasteiger partial charge in [-0.3, -0.25) is 9.80 Å². The lowest BCUT2D eigenvalue weighted by Gasteiger charge is -2.49. The van der Waals surface area contributed by atoms with Crippen LogP contribution in [0.4, 0.5) is 9.80 Å². The number of hydrogen-bond acceptors (Lipinski definition) is 4. The van der Waals surface area contributed by atoms with E-state index in [0.717, 1.165) is 47.9 Å². The summed E-state index contributed by atoms with van der Waals surface area (Å²) in [6.07, 6.45) is 2.03. The number of carbonyl (C=O) groups is 1. The van der Waals surface area contributed by atoms with E-state index >= 15 is 0 Å². The predicted molar refractivity (Wildman–Crippen MR) is 105 cm³/mol. The van der Waals surface area contributed by atoms with Gasteiger partial charge in [0.15, 0.2) is 0 Å². The summed E-state index contributed by atoms with van der Waals surface area (Å²) < 4.78 is 5.95. The fraction of sp³-hybridized carbons (Fsp3) is 0.421. The molecule has 26 heavy (non-hydrogen) atoms. The number of ether oxygens (including phenoxy) is 1. The summed E-state index contributed by atoms with van der Waals surface area (Å²) in [5.74, 6) is 0.482. The molecule has 1 amide bonds. The maximum Gasteiger partial charge on any atom is 0.415 e. The Morgan fingerprint density at radius 3 is 2.58 bits per heavy atom. The van der Waals surface area contributed by atoms with E-state index in [0.29, 0.717) is 22.5 Å². The predicted octanol–water partition coefficient (Wildman–Crippen LogP) is 5.14. The zero-order chi connectivity index (χ0) is 17.9. The lowest BCUT2D eigenvalue weighted by Crippen LogP contribution is -2.61. The van der Waals surface area contributed by atoms with Crippen molar-refractivity contribution >= 4 is 45.6 Å². The van der Waals surface area contributed by atoms with Crippen molar-refractivity contribution in [3.05, 3.63) is 40.4 Å². The van der Waals surface area contributed by atoms with Crippen LogP contribution < -0.4 is 4.90 Å². The van der Waals surface area contributed by atoms with Crippen LogP contribution in [0.1, 0.15) is 12.8 Å². The highest BCUT2D eigenvalue weighted by Crippen LogP contribution is 2.45. The van der Waals surface area contributed by atoms with Crippen LogP contribution in [0, 0.1) is 5.92 Å². The van der Waals surface area contributed by atoms with Gasteiger partial charge in [-0.1, -0.05) is 29.3 Å². The summed E-state index contributed by atoms with van der Waals surface area (Å²) in [5, 5.41) is 2.00. The van der Waals surface area contributed by atoms with Crippen molar-refractivity contribution in [1.29, 1.82) is 0 Å². The van der Waals surface area contributed by atoms with Gasteiger partial charge < -0.3 is 4.74 Å². The number of carbonyl (C=O) groups excluding carboxylic acids is 1. The number of fused-ring (bicyclic) bond motifs is 2. The number of piperidine rings is 3. The second-order valence-corrected chi connectivity index (χ2v) is 9.21. The first-order valence-electron chi connectivity index (χ1n) is 8.82. The van der Waals surface area contributed by atoms with E-state index < -0.39 is 0 Å². The van der Waals surface area contributed by atoms with Crippen LogP contribution in [0.5, 0.6) is 0 Å². The molecule has 0 N–H and O–H groups in total. The van der Waals surface area contributed by atoms with Crippen molar-refractivity contribution < 1.29 is 9.53 Å². The Kier molecular flexibility index (Phi) is 3.98. The molecule has 6 rings (SSSR count). The third kappa shape index (κ3) is 2.64. The van der Waals surface area contributed by atoms with Gasteiger partial charge in [0.1, 0.15) is 10.6 Å². The second-order valence-electron chi connectivity index (χ2n) is 7.34. The van der Waals surface area contributed by atoms with Gasteiger partial charge in [-0.15, -0.1) is 11.3 Å². The Morgan fingerprint density at radius 1 is 1.08 bits per heavy atom. The molecule has 0 aliphatic carbocycles. The number of hydrogen-bond donors (Lipinski definition) is 0. The normalized spacial score (nSPS) is 30.2. The van der Waals surface area contributed by atoms with Gasteiger partial charge in [-0.2, -0.15) is 0 Å². The van der Waals surface area contributed by atoms with Gasteiger partial charge in [-0.05, 0) is 55.8 Å². The lowest BCUT2D eigenvalue weighted by molar-refractivity contribution is -0.0881. The lowest BCUT2D eigenvalue weighted by atomic mass is 9.75. The molecule has 0 radical (unpaired) electrons. The molecule has 4 saturated heterocycles. The number of nitrogens with zero attached hydrogens (tertiary/aromatic N) is 2. The van der Waals surface area contributed by atoms with Crippen LogP contribution in [-0.2, 0) is 4.74 Å². The highest BCUT2D eigenvalue weighted by Gasteiger charge is 2.55. The number of benzene rings is 1. The van der Waals surface area contributed by atoms with E-state index in [2.05, 4.69) is 4.90 Å². The first kappa shape index (κ1) is 16.9. The summed E-state index contributed by atoms with van der Waals surface area (Å²) in [7, 11) is 0. The van der Waals surface area contributed by atoms with Gasteiger partial charge in [-0.25, -0.2) is 4.79 Å². The molecule has 4 nitrogen and oxygen atoms in total. The molecule has 5 heterocycles. The fourth-order valence-electron chi connectivity index (χ4n) is 4.46. The minimum absolute atomic E-state index is 0.221. The van der Waals surface area contributed by atoms with Gasteiger partial charge in [0.05, 0.1) is 16.6 Å². The molecule has 1 atom stereocenters. The average Bonchev–Trinajstić information content (AvgIpc) is 3.23. The molecule has 1 aromatic carbocycles. The third-order valence-electron chi connectivity index (χ3n) is 5.82. The van der Waals surface area contributed by atoms with Gasteiger partial charge in [0.2, 0.25) is 0 Å². The molecular formula is C19H18Cl2N2O2S. The first-order chi connectivity index (χ1) is 12.5. The highest BCUT2D eigenvalue weighted by atomic mass is 35.5. The topological polar surface area (TPSA) is 32.8 Å². The standard InChI is InChI=1S/C19H18Cl2N2O2S/c20-14-2-1-12(9-15(14)21)16-3-4-17(26-16)23-11-19(25-18(23)24)10-22-7-5-13(19)6-8-22/h1-4,9,13H,5-8,10-11H2/t19-/m1/s1. The van der Waals surface area contributed by atoms with E-state index in [9.17, 15) is 4.79 Å². The average molecular weight is 409 g/mol. The van der Waals surface area contributed by atoms with Crippen LogP contribution in [0.3, 0.4) is 0 Å². The smallest absolute Gasteiger partial charge is 0.415 e. The van der Waals surface area contributed by atoms with Crippen molar-refractivity contribution in [2.75, 3.05) is 31.1 Å². The van der Waals surface area contributed by atoms with Crippen LogP contribution in [0.15, 0.2) is 30.3 Å². The molecule has 4 aliphatic rings. The van der Waals surface area contributed by atoms with Crippen LogP contribution in [0.2, 0.25) is 10.0 Å². The van der Waals surface area contributed by atoms with Crippen molar-refractivity contribution in [2.24, 2.45) is 5.92 Å². The molecular weight excluding hydrogens is 391 g/mol. The Hall–Kier alpha value is -1.27. The first-order valence-corrected chi connectivity index (χ1v) is 10.4. The zero-order valence-electron chi connectivity index (χ0n) is 14.1. The molecule has 4 fully saturated rings. The minimum atomic E-state index is -0.332. The molecule has 1 aromatic heterocycles. The quantitative estimate of drug-likeness (QED) is 0.689. The van der Waals surface area contributed by atoms with Crippen LogP contribution in [0.25, 0.3) is 10.4 Å². The maximum absolute atomic E-state index is 12.6. The van der Waals surface area contributed by atoms with E-state index in [1.807, 2.05) is 24.3 Å². The number of thiophene rings is 1. The van der Waals surface area contributed by atoms with Crippen LogP contribution >= 0.6 is 34.5 Å². The van der Waals surface area contributed by atoms with E-state index in [4.69, 9.17) is 27.9 Å². The van der Waals surface area contributed by atoms with E-state index in [-0.39, 0.29) is 11.7 Å². The summed E-state index contributed by atoms with van der Waals surface area (Å²) in [6, 6.07) is 9.61. The SMILES string of the molecule is O=C1O[C@]2(CN3CCC2CC3)CN1c1ccc(-c2ccc(Cl)c(Cl)c2)s1. The summed E-state index contributed by atoms with van der Waals surface area (Å²) >= 11 is 13.7. The highest BCUT2D eigenvalue weighted by molar-refractivity contribution is 7.19. The second kappa shape index (κ2) is 6.13. The summed E-state index contributed by atoms with van der Waals surface area (Å²) in [6.45, 7) is 3.77. The van der Waals surface area contributed by atoms with E-state index in [1.165, 1.54) is 0 Å². The Balaban J connectivity index is 1.41.